The van der Waals surface area contributed by atoms with E-state index in [0.717, 1.165) is 0 Å². The standard InChI is InChI=1S/C18H21N5O5/c1-25-16-13(10-21-18(22-16)26-2)4-5-15(24)23-8-9-27-14(11-23)12-28-17-19-6-3-7-20-17/h3-7,10,14H,8-9,11-12H2,1-2H3. The molecule has 10 heteroatoms. The van der Waals surface area contributed by atoms with E-state index in [1.807, 2.05) is 0 Å². The molecule has 28 heavy (non-hydrogen) atoms. The van der Waals surface area contributed by atoms with Crippen molar-refractivity contribution in [1.29, 1.82) is 0 Å². The highest BCUT2D eigenvalue weighted by Gasteiger charge is 2.24. The molecule has 0 radical (unpaired) electrons. The van der Waals surface area contributed by atoms with Crippen molar-refractivity contribution in [2.45, 2.75) is 6.10 Å². The van der Waals surface area contributed by atoms with Crippen molar-refractivity contribution in [2.75, 3.05) is 40.5 Å². The Kier molecular flexibility index (Phi) is 6.68. The van der Waals surface area contributed by atoms with Crippen molar-refractivity contribution in [3.8, 4) is 17.9 Å². The fourth-order valence-electron chi connectivity index (χ4n) is 2.55. The van der Waals surface area contributed by atoms with Crippen LogP contribution in [-0.4, -0.2) is 77.4 Å². The lowest BCUT2D eigenvalue weighted by atomic mass is 10.2. The van der Waals surface area contributed by atoms with Crippen molar-refractivity contribution < 1.29 is 23.7 Å². The Bertz CT molecular complexity index is 817. The first-order valence-electron chi connectivity index (χ1n) is 8.63. The van der Waals surface area contributed by atoms with Crippen molar-refractivity contribution in [1.82, 2.24) is 24.8 Å². The average molecular weight is 387 g/mol. The van der Waals surface area contributed by atoms with Crippen LogP contribution in [0.5, 0.6) is 17.9 Å². The summed E-state index contributed by atoms with van der Waals surface area (Å²) in [6, 6.07) is 2.18. The molecule has 0 aromatic carbocycles. The van der Waals surface area contributed by atoms with Gasteiger partial charge < -0.3 is 23.8 Å². The zero-order valence-corrected chi connectivity index (χ0v) is 15.6. The first-order chi connectivity index (χ1) is 13.7. The van der Waals surface area contributed by atoms with Crippen LogP contribution in [0.15, 0.2) is 30.7 Å². The number of ether oxygens (including phenoxy) is 4. The maximum Gasteiger partial charge on any atom is 0.319 e. The van der Waals surface area contributed by atoms with Gasteiger partial charge in [-0.1, -0.05) is 0 Å². The van der Waals surface area contributed by atoms with E-state index >= 15 is 0 Å². The molecule has 148 valence electrons. The van der Waals surface area contributed by atoms with E-state index in [2.05, 4.69) is 19.9 Å². The van der Waals surface area contributed by atoms with E-state index in [-0.39, 0.29) is 30.6 Å². The summed E-state index contributed by atoms with van der Waals surface area (Å²) in [4.78, 5) is 30.3. The third-order valence-corrected chi connectivity index (χ3v) is 3.93. The molecule has 1 saturated heterocycles. The molecule has 2 aromatic rings. The molecule has 1 amide bonds. The number of aromatic nitrogens is 4. The third kappa shape index (κ3) is 5.13. The molecule has 1 fully saturated rings. The summed E-state index contributed by atoms with van der Waals surface area (Å²) in [5.74, 6) is 0.175. The van der Waals surface area contributed by atoms with E-state index in [1.165, 1.54) is 26.5 Å². The van der Waals surface area contributed by atoms with Crippen molar-refractivity contribution in [3.63, 3.8) is 0 Å². The Morgan fingerprint density at radius 3 is 2.82 bits per heavy atom. The average Bonchev–Trinajstić information content (AvgIpc) is 2.76. The fourth-order valence-corrected chi connectivity index (χ4v) is 2.55. The van der Waals surface area contributed by atoms with Gasteiger partial charge in [0.1, 0.15) is 12.7 Å². The fraction of sp³-hybridized carbons (Fsp3) is 0.389. The lowest BCUT2D eigenvalue weighted by molar-refractivity contribution is -0.134. The maximum atomic E-state index is 12.5. The molecule has 0 spiro atoms. The lowest BCUT2D eigenvalue weighted by Gasteiger charge is -2.32. The summed E-state index contributed by atoms with van der Waals surface area (Å²) in [5.41, 5.74) is 0.575. The van der Waals surface area contributed by atoms with Crippen LogP contribution in [0.4, 0.5) is 0 Å². The summed E-state index contributed by atoms with van der Waals surface area (Å²) in [7, 11) is 2.96. The van der Waals surface area contributed by atoms with Crippen molar-refractivity contribution in [2.24, 2.45) is 0 Å². The second-order valence-electron chi connectivity index (χ2n) is 5.77. The van der Waals surface area contributed by atoms with Gasteiger partial charge in [0.25, 0.3) is 0 Å². The molecule has 10 nitrogen and oxygen atoms in total. The number of methoxy groups -OCH3 is 2. The van der Waals surface area contributed by atoms with Gasteiger partial charge in [-0.2, -0.15) is 4.98 Å². The summed E-state index contributed by atoms with van der Waals surface area (Å²) in [5, 5.41) is 0. The van der Waals surface area contributed by atoms with Crippen LogP contribution >= 0.6 is 0 Å². The first kappa shape index (κ1) is 19.5. The Morgan fingerprint density at radius 2 is 2.07 bits per heavy atom. The Hall–Kier alpha value is -3.27. The number of carbonyl (C=O) groups is 1. The van der Waals surface area contributed by atoms with Gasteiger partial charge in [0.2, 0.25) is 11.8 Å². The zero-order valence-electron chi connectivity index (χ0n) is 15.6. The SMILES string of the molecule is COc1ncc(C=CC(=O)N2CCOC(COc3ncccn3)C2)c(OC)n1. The van der Waals surface area contributed by atoms with E-state index in [1.54, 1.807) is 29.4 Å². The van der Waals surface area contributed by atoms with Crippen LogP contribution in [0.25, 0.3) is 6.08 Å². The monoisotopic (exact) mass is 387 g/mol. The van der Waals surface area contributed by atoms with Gasteiger partial charge in [-0.25, -0.2) is 15.0 Å². The smallest absolute Gasteiger partial charge is 0.319 e. The maximum absolute atomic E-state index is 12.5. The van der Waals surface area contributed by atoms with E-state index in [0.29, 0.717) is 31.1 Å². The van der Waals surface area contributed by atoms with Gasteiger partial charge in [-0.3, -0.25) is 4.79 Å². The quantitative estimate of drug-likeness (QED) is 0.631. The molecule has 1 unspecified atom stereocenters. The van der Waals surface area contributed by atoms with Crippen LogP contribution in [0.2, 0.25) is 0 Å². The Balaban J connectivity index is 1.57. The molecule has 0 aliphatic carbocycles. The third-order valence-electron chi connectivity index (χ3n) is 3.93. The van der Waals surface area contributed by atoms with Crippen molar-refractivity contribution >= 4 is 12.0 Å². The number of carbonyl (C=O) groups excluding carboxylic acids is 1. The molecule has 1 aliphatic rings. The molecule has 0 bridgehead atoms. The normalized spacial score (nSPS) is 16.8. The van der Waals surface area contributed by atoms with E-state index < -0.39 is 0 Å². The lowest BCUT2D eigenvalue weighted by Crippen LogP contribution is -2.47. The number of nitrogens with zero attached hydrogens (tertiary/aromatic N) is 5. The second kappa shape index (κ2) is 9.60. The van der Waals surface area contributed by atoms with Gasteiger partial charge in [0, 0.05) is 31.2 Å². The predicted molar refractivity (Wildman–Crippen MR) is 98.0 cm³/mol. The van der Waals surface area contributed by atoms with E-state index in [9.17, 15) is 4.79 Å². The number of hydrogen-bond acceptors (Lipinski definition) is 9. The summed E-state index contributed by atoms with van der Waals surface area (Å²) < 4.78 is 21.3. The largest absolute Gasteiger partial charge is 0.480 e. The molecule has 1 aliphatic heterocycles. The number of hydrogen-bond donors (Lipinski definition) is 0. The molecule has 0 saturated carbocycles. The molecule has 3 heterocycles. The molecule has 0 N–H and O–H groups in total. The minimum Gasteiger partial charge on any atom is -0.480 e. The van der Waals surface area contributed by atoms with Gasteiger partial charge in [-0.15, -0.1) is 0 Å². The molecular weight excluding hydrogens is 366 g/mol. The molecular formula is C18H21N5O5. The first-order valence-corrected chi connectivity index (χ1v) is 8.63. The number of morpholine rings is 1. The van der Waals surface area contributed by atoms with Crippen LogP contribution < -0.4 is 14.2 Å². The molecule has 3 rings (SSSR count). The van der Waals surface area contributed by atoms with Crippen LogP contribution in [-0.2, 0) is 9.53 Å². The predicted octanol–water partition coefficient (Wildman–Crippen LogP) is 0.603. The highest BCUT2D eigenvalue weighted by atomic mass is 16.5. The summed E-state index contributed by atoms with van der Waals surface area (Å²) in [6.07, 6.45) is 7.54. The van der Waals surface area contributed by atoms with Gasteiger partial charge in [0.05, 0.1) is 32.9 Å². The Morgan fingerprint density at radius 1 is 1.25 bits per heavy atom. The zero-order chi connectivity index (χ0) is 19.8. The van der Waals surface area contributed by atoms with Gasteiger partial charge >= 0.3 is 12.0 Å². The highest BCUT2D eigenvalue weighted by Crippen LogP contribution is 2.18. The molecule has 2 aromatic heterocycles. The van der Waals surface area contributed by atoms with Gasteiger partial charge in [0.15, 0.2) is 0 Å². The van der Waals surface area contributed by atoms with Crippen molar-refractivity contribution in [3.05, 3.63) is 36.3 Å². The van der Waals surface area contributed by atoms with Crippen LogP contribution in [0.3, 0.4) is 0 Å². The minimum atomic E-state index is -0.256. The minimum absolute atomic E-state index is 0.151. The van der Waals surface area contributed by atoms with Gasteiger partial charge in [-0.05, 0) is 12.1 Å². The van der Waals surface area contributed by atoms with E-state index in [4.69, 9.17) is 18.9 Å². The number of amides is 1. The summed E-state index contributed by atoms with van der Waals surface area (Å²) in [6.45, 7) is 1.60. The second-order valence-corrected chi connectivity index (χ2v) is 5.77. The number of rotatable bonds is 7. The highest BCUT2D eigenvalue weighted by molar-refractivity contribution is 5.92. The van der Waals surface area contributed by atoms with Crippen LogP contribution in [0.1, 0.15) is 5.56 Å². The topological polar surface area (TPSA) is 109 Å². The molecule has 1 atom stereocenters. The van der Waals surface area contributed by atoms with Crippen LogP contribution in [0, 0.1) is 0 Å². The Labute approximate surface area is 162 Å². The summed E-state index contributed by atoms with van der Waals surface area (Å²) >= 11 is 0.